The maximum absolute atomic E-state index is 11.3. The summed E-state index contributed by atoms with van der Waals surface area (Å²) in [4.78, 5) is 17.2. The fourth-order valence-electron chi connectivity index (χ4n) is 2.80. The summed E-state index contributed by atoms with van der Waals surface area (Å²) in [6, 6.07) is 22.1. The van der Waals surface area contributed by atoms with Gasteiger partial charge in [0.2, 0.25) is 0 Å². The predicted molar refractivity (Wildman–Crippen MR) is 110 cm³/mol. The van der Waals surface area contributed by atoms with Crippen LogP contribution in [0.1, 0.15) is 5.69 Å². The van der Waals surface area contributed by atoms with Crippen molar-refractivity contribution in [3.05, 3.63) is 72.4 Å². The molecule has 0 aliphatic carbocycles. The standard InChI is InChI=1S/C21H18N4O2S/c1-27-21(26)22-13-16-12-17(25-24-16)19-18(14-8-4-2-5-9-14)23-20(28-19)15-10-6-3-7-11-15/h2-12H,13H2,1H3,(H,22,26)(H,24,25). The number of carbonyl (C=O) groups excluding carboxylic acids is 1. The van der Waals surface area contributed by atoms with Crippen LogP contribution in [0.2, 0.25) is 0 Å². The number of carbonyl (C=O) groups is 1. The van der Waals surface area contributed by atoms with Crippen molar-refractivity contribution in [2.75, 3.05) is 7.11 Å². The van der Waals surface area contributed by atoms with Crippen molar-refractivity contribution in [2.24, 2.45) is 0 Å². The monoisotopic (exact) mass is 390 g/mol. The van der Waals surface area contributed by atoms with Gasteiger partial charge in [-0.05, 0) is 6.07 Å². The highest BCUT2D eigenvalue weighted by Gasteiger charge is 2.18. The minimum Gasteiger partial charge on any atom is -0.453 e. The van der Waals surface area contributed by atoms with Crippen molar-refractivity contribution in [2.45, 2.75) is 6.54 Å². The van der Waals surface area contributed by atoms with Crippen LogP contribution in [0, 0.1) is 0 Å². The molecule has 2 heterocycles. The summed E-state index contributed by atoms with van der Waals surface area (Å²) in [7, 11) is 1.34. The number of hydrogen-bond donors (Lipinski definition) is 2. The number of ether oxygens (including phenoxy) is 1. The minimum atomic E-state index is -0.481. The zero-order valence-corrected chi connectivity index (χ0v) is 16.0. The first kappa shape index (κ1) is 17.9. The van der Waals surface area contributed by atoms with Crippen molar-refractivity contribution in [1.82, 2.24) is 20.5 Å². The van der Waals surface area contributed by atoms with Gasteiger partial charge in [-0.25, -0.2) is 9.78 Å². The number of nitrogens with one attached hydrogen (secondary N) is 2. The summed E-state index contributed by atoms with van der Waals surface area (Å²) in [5.74, 6) is 0. The van der Waals surface area contributed by atoms with E-state index in [1.54, 1.807) is 11.3 Å². The molecule has 140 valence electrons. The molecule has 0 bridgehead atoms. The van der Waals surface area contributed by atoms with Crippen LogP contribution < -0.4 is 5.32 Å². The van der Waals surface area contributed by atoms with Crippen LogP contribution in [0.3, 0.4) is 0 Å². The highest BCUT2D eigenvalue weighted by Crippen LogP contribution is 2.39. The van der Waals surface area contributed by atoms with Gasteiger partial charge in [0.15, 0.2) is 0 Å². The van der Waals surface area contributed by atoms with E-state index in [4.69, 9.17) is 4.98 Å². The van der Waals surface area contributed by atoms with Crippen LogP contribution in [-0.4, -0.2) is 28.4 Å². The normalized spacial score (nSPS) is 10.6. The summed E-state index contributed by atoms with van der Waals surface area (Å²) in [6.45, 7) is 0.310. The summed E-state index contributed by atoms with van der Waals surface area (Å²) in [5.41, 5.74) is 4.57. The lowest BCUT2D eigenvalue weighted by atomic mass is 10.1. The van der Waals surface area contributed by atoms with Gasteiger partial charge >= 0.3 is 6.09 Å². The second kappa shape index (κ2) is 8.06. The van der Waals surface area contributed by atoms with Gasteiger partial charge in [0.1, 0.15) is 10.7 Å². The Bertz CT molecular complexity index is 1070. The fourth-order valence-corrected chi connectivity index (χ4v) is 3.85. The highest BCUT2D eigenvalue weighted by molar-refractivity contribution is 7.18. The molecule has 0 fully saturated rings. The molecule has 7 heteroatoms. The van der Waals surface area contributed by atoms with Gasteiger partial charge < -0.3 is 10.1 Å². The largest absolute Gasteiger partial charge is 0.453 e. The van der Waals surface area contributed by atoms with Crippen LogP contribution in [-0.2, 0) is 11.3 Å². The molecular weight excluding hydrogens is 372 g/mol. The lowest BCUT2D eigenvalue weighted by Gasteiger charge is -2.00. The summed E-state index contributed by atoms with van der Waals surface area (Å²) in [5, 5.41) is 11.0. The molecule has 0 aliphatic heterocycles. The molecule has 2 N–H and O–H groups in total. The summed E-state index contributed by atoms with van der Waals surface area (Å²) >= 11 is 1.60. The number of thiazole rings is 1. The Morgan fingerprint density at radius 3 is 2.43 bits per heavy atom. The van der Waals surface area contributed by atoms with E-state index in [1.807, 2.05) is 66.7 Å². The number of hydrogen-bond acceptors (Lipinski definition) is 5. The zero-order chi connectivity index (χ0) is 19.3. The van der Waals surface area contributed by atoms with Gasteiger partial charge in [-0.2, -0.15) is 5.10 Å². The molecule has 0 spiro atoms. The smallest absolute Gasteiger partial charge is 0.407 e. The fraction of sp³-hybridized carbons (Fsp3) is 0.0952. The van der Waals surface area contributed by atoms with Crippen LogP contribution in [0.15, 0.2) is 66.7 Å². The first-order valence-electron chi connectivity index (χ1n) is 8.72. The van der Waals surface area contributed by atoms with Gasteiger partial charge in [0.05, 0.1) is 29.9 Å². The molecule has 0 radical (unpaired) electrons. The average molecular weight is 390 g/mol. The lowest BCUT2D eigenvalue weighted by Crippen LogP contribution is -2.22. The first-order valence-corrected chi connectivity index (χ1v) is 9.54. The van der Waals surface area contributed by atoms with Crippen LogP contribution in [0.25, 0.3) is 32.4 Å². The van der Waals surface area contributed by atoms with E-state index in [-0.39, 0.29) is 0 Å². The van der Waals surface area contributed by atoms with E-state index in [0.717, 1.165) is 38.1 Å². The summed E-state index contributed by atoms with van der Waals surface area (Å²) in [6.07, 6.45) is -0.481. The molecule has 2 aromatic carbocycles. The number of H-pyrrole nitrogens is 1. The Labute approximate surface area is 166 Å². The highest BCUT2D eigenvalue weighted by atomic mass is 32.1. The van der Waals surface area contributed by atoms with Crippen LogP contribution in [0.5, 0.6) is 0 Å². The second-order valence-corrected chi connectivity index (χ2v) is 7.05. The Morgan fingerprint density at radius 1 is 1.07 bits per heavy atom. The topological polar surface area (TPSA) is 79.9 Å². The molecule has 2 aromatic heterocycles. The predicted octanol–water partition coefficient (Wildman–Crippen LogP) is 4.72. The molecule has 4 aromatic rings. The van der Waals surface area contributed by atoms with Gasteiger partial charge in [0, 0.05) is 11.1 Å². The number of amides is 1. The maximum Gasteiger partial charge on any atom is 0.407 e. The third-order valence-electron chi connectivity index (χ3n) is 4.17. The van der Waals surface area contributed by atoms with E-state index in [2.05, 4.69) is 20.3 Å². The molecule has 0 aliphatic rings. The second-order valence-electron chi connectivity index (χ2n) is 6.05. The van der Waals surface area contributed by atoms with E-state index >= 15 is 0 Å². The molecule has 0 unspecified atom stereocenters. The molecule has 1 amide bonds. The number of aromatic nitrogens is 3. The van der Waals surface area contributed by atoms with Crippen molar-refractivity contribution >= 4 is 17.4 Å². The van der Waals surface area contributed by atoms with Gasteiger partial charge in [-0.15, -0.1) is 11.3 Å². The van der Waals surface area contributed by atoms with Crippen LogP contribution in [0.4, 0.5) is 4.79 Å². The quantitative estimate of drug-likeness (QED) is 0.517. The molecule has 0 saturated heterocycles. The number of nitrogens with zero attached hydrogens (tertiary/aromatic N) is 2. The molecule has 0 atom stereocenters. The van der Waals surface area contributed by atoms with Crippen molar-refractivity contribution in [3.8, 4) is 32.4 Å². The number of methoxy groups -OCH3 is 1. The minimum absolute atomic E-state index is 0.310. The van der Waals surface area contributed by atoms with E-state index in [0.29, 0.717) is 6.54 Å². The molecule has 4 rings (SSSR count). The Hall–Kier alpha value is -3.45. The Morgan fingerprint density at radius 2 is 1.75 bits per heavy atom. The Balaban J connectivity index is 1.72. The number of benzene rings is 2. The molecule has 0 saturated carbocycles. The van der Waals surface area contributed by atoms with E-state index in [9.17, 15) is 4.79 Å². The average Bonchev–Trinajstić information content (AvgIpc) is 3.40. The van der Waals surface area contributed by atoms with Crippen LogP contribution >= 0.6 is 11.3 Å². The molecule has 28 heavy (non-hydrogen) atoms. The number of aromatic amines is 1. The Kier molecular flexibility index (Phi) is 5.16. The third-order valence-corrected chi connectivity index (χ3v) is 5.29. The molecular formula is C21H18N4O2S. The molecule has 6 nitrogen and oxygen atoms in total. The van der Waals surface area contributed by atoms with Gasteiger partial charge in [-0.3, -0.25) is 5.10 Å². The summed E-state index contributed by atoms with van der Waals surface area (Å²) < 4.78 is 4.60. The van der Waals surface area contributed by atoms with Crippen molar-refractivity contribution in [3.63, 3.8) is 0 Å². The maximum atomic E-state index is 11.3. The van der Waals surface area contributed by atoms with Crippen molar-refractivity contribution < 1.29 is 9.53 Å². The first-order chi connectivity index (χ1) is 13.7. The van der Waals surface area contributed by atoms with Crippen molar-refractivity contribution in [1.29, 1.82) is 0 Å². The van der Waals surface area contributed by atoms with E-state index in [1.165, 1.54) is 7.11 Å². The van der Waals surface area contributed by atoms with Gasteiger partial charge in [-0.1, -0.05) is 60.7 Å². The van der Waals surface area contributed by atoms with E-state index < -0.39 is 6.09 Å². The number of rotatable bonds is 5. The number of alkyl carbamates (subject to hydrolysis) is 1. The zero-order valence-electron chi connectivity index (χ0n) is 15.2. The lowest BCUT2D eigenvalue weighted by molar-refractivity contribution is 0.170. The third kappa shape index (κ3) is 3.79. The van der Waals surface area contributed by atoms with Gasteiger partial charge in [0.25, 0.3) is 0 Å². The SMILES string of the molecule is COC(=O)NCc1cc(-c2sc(-c3ccccc3)nc2-c2ccccc2)n[nH]1.